The van der Waals surface area contributed by atoms with Crippen molar-refractivity contribution >= 4 is 29.3 Å². The zero-order valence-electron chi connectivity index (χ0n) is 14.9. The van der Waals surface area contributed by atoms with Crippen molar-refractivity contribution in [3.05, 3.63) is 89.0 Å². The van der Waals surface area contributed by atoms with Crippen molar-refractivity contribution < 1.29 is 9.53 Å². The second-order valence-corrected chi connectivity index (χ2v) is 6.70. The molecule has 6 nitrogen and oxygen atoms in total. The van der Waals surface area contributed by atoms with E-state index in [1.165, 1.54) is 12.4 Å². The molecule has 0 radical (unpaired) electrons. The third-order valence-corrected chi connectivity index (χ3v) is 4.47. The van der Waals surface area contributed by atoms with E-state index in [4.69, 9.17) is 16.3 Å². The number of ether oxygens (including phenoxy) is 1. The van der Waals surface area contributed by atoms with Gasteiger partial charge in [-0.05, 0) is 41.5 Å². The van der Waals surface area contributed by atoms with Crippen LogP contribution < -0.4 is 10.1 Å². The smallest absolute Gasteiger partial charge is 0.248 e. The summed E-state index contributed by atoms with van der Waals surface area (Å²) in [6.45, 7) is 0.929. The molecule has 4 rings (SSSR count). The number of fused-ring (bicyclic) bond motifs is 1. The fraction of sp³-hybridized carbons (Fsp3) is 0.0952. The van der Waals surface area contributed by atoms with Gasteiger partial charge >= 0.3 is 0 Å². The highest BCUT2D eigenvalue weighted by atomic mass is 35.5. The molecule has 140 valence electrons. The fourth-order valence-corrected chi connectivity index (χ4v) is 3.07. The van der Waals surface area contributed by atoms with Crippen molar-refractivity contribution in [1.29, 1.82) is 0 Å². The number of nitrogens with one attached hydrogen (secondary N) is 1. The van der Waals surface area contributed by atoms with Gasteiger partial charge in [-0.1, -0.05) is 35.9 Å². The largest absolute Gasteiger partial charge is 0.488 e. The average molecular weight is 393 g/mol. The molecule has 1 aromatic heterocycles. The molecular formula is C21H17ClN4O2. The van der Waals surface area contributed by atoms with Crippen molar-refractivity contribution in [1.82, 2.24) is 14.8 Å². The van der Waals surface area contributed by atoms with Gasteiger partial charge in [0.05, 0.1) is 6.54 Å². The fourth-order valence-electron chi connectivity index (χ4n) is 2.89. The number of halogens is 1. The summed E-state index contributed by atoms with van der Waals surface area (Å²) in [6.07, 6.45) is 8.33. The second kappa shape index (κ2) is 8.10. The Kier molecular flexibility index (Phi) is 5.21. The number of benzene rings is 2. The molecule has 0 fully saturated rings. The summed E-state index contributed by atoms with van der Waals surface area (Å²) >= 11 is 6.03. The van der Waals surface area contributed by atoms with E-state index >= 15 is 0 Å². The van der Waals surface area contributed by atoms with Crippen LogP contribution in [0, 0.1) is 0 Å². The van der Waals surface area contributed by atoms with Gasteiger partial charge < -0.3 is 10.1 Å². The molecule has 0 aliphatic carbocycles. The lowest BCUT2D eigenvalue weighted by Gasteiger charge is -2.16. The molecule has 0 bridgehead atoms. The molecule has 28 heavy (non-hydrogen) atoms. The predicted molar refractivity (Wildman–Crippen MR) is 108 cm³/mol. The standard InChI is InChI=1S/C21H17ClN4O2/c22-18-6-7-20-17(10-18)9-15(12-28-20)5-8-21(27)25-19-4-2-1-3-16(19)11-26-14-23-13-24-26/h1-10,13-14H,11-12H2,(H,25,27). The lowest BCUT2D eigenvalue weighted by Crippen LogP contribution is -2.12. The van der Waals surface area contributed by atoms with Crippen LogP contribution in [0.4, 0.5) is 5.69 Å². The zero-order valence-corrected chi connectivity index (χ0v) is 15.6. The van der Waals surface area contributed by atoms with E-state index in [-0.39, 0.29) is 5.91 Å². The van der Waals surface area contributed by atoms with Crippen LogP contribution in [0.15, 0.2) is 72.8 Å². The summed E-state index contributed by atoms with van der Waals surface area (Å²) < 4.78 is 7.40. The number of para-hydroxylation sites is 1. The minimum atomic E-state index is -0.219. The van der Waals surface area contributed by atoms with Gasteiger partial charge in [0.25, 0.3) is 0 Å². The van der Waals surface area contributed by atoms with E-state index in [1.54, 1.807) is 23.2 Å². The first-order valence-electron chi connectivity index (χ1n) is 8.70. The molecule has 0 atom stereocenters. The van der Waals surface area contributed by atoms with Crippen LogP contribution >= 0.6 is 11.6 Å². The molecule has 1 aliphatic heterocycles. The lowest BCUT2D eigenvalue weighted by atomic mass is 10.1. The maximum absolute atomic E-state index is 12.4. The highest BCUT2D eigenvalue weighted by Crippen LogP contribution is 2.29. The van der Waals surface area contributed by atoms with Crippen molar-refractivity contribution in [3.8, 4) is 5.75 Å². The first kappa shape index (κ1) is 18.0. The molecule has 0 saturated carbocycles. The number of anilines is 1. The highest BCUT2D eigenvalue weighted by Gasteiger charge is 2.11. The quantitative estimate of drug-likeness (QED) is 0.667. The van der Waals surface area contributed by atoms with Crippen molar-refractivity contribution in [2.45, 2.75) is 6.54 Å². The Morgan fingerprint density at radius 1 is 1.29 bits per heavy atom. The normalized spacial score (nSPS) is 13.0. The van der Waals surface area contributed by atoms with Gasteiger partial charge in [0.15, 0.2) is 0 Å². The number of carbonyl (C=O) groups excluding carboxylic acids is 1. The molecule has 0 spiro atoms. The van der Waals surface area contributed by atoms with Crippen LogP contribution in [-0.4, -0.2) is 27.3 Å². The van der Waals surface area contributed by atoms with Gasteiger partial charge in [-0.15, -0.1) is 0 Å². The predicted octanol–water partition coefficient (Wildman–Crippen LogP) is 3.95. The van der Waals surface area contributed by atoms with Crippen LogP contribution in [-0.2, 0) is 11.3 Å². The Bertz CT molecular complexity index is 1060. The summed E-state index contributed by atoms with van der Waals surface area (Å²) in [5, 5.41) is 7.66. The van der Waals surface area contributed by atoms with Crippen LogP contribution in [0.1, 0.15) is 11.1 Å². The monoisotopic (exact) mass is 392 g/mol. The topological polar surface area (TPSA) is 69.0 Å². The Labute approximate surface area is 167 Å². The number of nitrogens with zero attached hydrogens (tertiary/aromatic N) is 3. The van der Waals surface area contributed by atoms with Gasteiger partial charge in [0, 0.05) is 22.3 Å². The number of rotatable bonds is 5. The molecule has 3 aromatic rings. The molecule has 1 amide bonds. The minimum Gasteiger partial charge on any atom is -0.488 e. The van der Waals surface area contributed by atoms with E-state index < -0.39 is 0 Å². The maximum atomic E-state index is 12.4. The molecule has 0 saturated heterocycles. The van der Waals surface area contributed by atoms with E-state index in [0.29, 0.717) is 18.2 Å². The van der Waals surface area contributed by atoms with Crippen LogP contribution in [0.3, 0.4) is 0 Å². The Balaban J connectivity index is 1.45. The number of carbonyl (C=O) groups is 1. The zero-order chi connectivity index (χ0) is 19.3. The van der Waals surface area contributed by atoms with Crippen molar-refractivity contribution in [2.75, 3.05) is 11.9 Å². The Morgan fingerprint density at radius 2 is 2.18 bits per heavy atom. The lowest BCUT2D eigenvalue weighted by molar-refractivity contribution is -0.111. The molecule has 1 aliphatic rings. The molecule has 7 heteroatoms. The van der Waals surface area contributed by atoms with Crippen LogP contribution in [0.5, 0.6) is 5.75 Å². The molecular weight excluding hydrogens is 376 g/mol. The summed E-state index contributed by atoms with van der Waals surface area (Å²) in [4.78, 5) is 16.3. The minimum absolute atomic E-state index is 0.219. The maximum Gasteiger partial charge on any atom is 0.248 e. The summed E-state index contributed by atoms with van der Waals surface area (Å²) in [7, 11) is 0. The number of hydrogen-bond donors (Lipinski definition) is 1. The summed E-state index contributed by atoms with van der Waals surface area (Å²) in [5.74, 6) is 0.567. The number of hydrogen-bond acceptors (Lipinski definition) is 4. The van der Waals surface area contributed by atoms with Crippen LogP contribution in [0.25, 0.3) is 6.08 Å². The van der Waals surface area contributed by atoms with Crippen molar-refractivity contribution in [2.24, 2.45) is 0 Å². The second-order valence-electron chi connectivity index (χ2n) is 6.26. The molecule has 2 heterocycles. The van der Waals surface area contributed by atoms with Gasteiger partial charge in [0.2, 0.25) is 5.91 Å². The summed E-state index contributed by atoms with van der Waals surface area (Å²) in [6, 6.07) is 13.1. The first-order valence-corrected chi connectivity index (χ1v) is 9.07. The van der Waals surface area contributed by atoms with Gasteiger partial charge in [-0.2, -0.15) is 5.10 Å². The Morgan fingerprint density at radius 3 is 3.04 bits per heavy atom. The Hall–Kier alpha value is -3.38. The third-order valence-electron chi connectivity index (χ3n) is 4.23. The average Bonchev–Trinajstić information content (AvgIpc) is 3.20. The van der Waals surface area contributed by atoms with Crippen LogP contribution in [0.2, 0.25) is 5.02 Å². The SMILES string of the molecule is O=C(C=CC1=Cc2cc(Cl)ccc2OC1)Nc1ccccc1Cn1cncn1. The number of aromatic nitrogens is 3. The van der Waals surface area contributed by atoms with Gasteiger partial charge in [0.1, 0.15) is 25.0 Å². The molecule has 0 unspecified atom stereocenters. The van der Waals surface area contributed by atoms with E-state index in [1.807, 2.05) is 42.5 Å². The van der Waals surface area contributed by atoms with Crippen molar-refractivity contribution in [3.63, 3.8) is 0 Å². The highest BCUT2D eigenvalue weighted by molar-refractivity contribution is 6.30. The van der Waals surface area contributed by atoms with E-state index in [9.17, 15) is 4.79 Å². The van der Waals surface area contributed by atoms with Gasteiger partial charge in [-0.25, -0.2) is 9.67 Å². The summed E-state index contributed by atoms with van der Waals surface area (Å²) in [5.41, 5.74) is 3.47. The molecule has 2 aromatic carbocycles. The van der Waals surface area contributed by atoms with E-state index in [0.717, 1.165) is 28.1 Å². The molecule has 1 N–H and O–H groups in total. The van der Waals surface area contributed by atoms with E-state index in [2.05, 4.69) is 15.4 Å². The van der Waals surface area contributed by atoms with Gasteiger partial charge in [-0.3, -0.25) is 4.79 Å². The third kappa shape index (κ3) is 4.29. The first-order chi connectivity index (χ1) is 13.7. The number of amides is 1.